The second-order valence-electron chi connectivity index (χ2n) is 6.99. The lowest BCUT2D eigenvalue weighted by Gasteiger charge is -2.29. The summed E-state index contributed by atoms with van der Waals surface area (Å²) < 4.78 is 5.88. The molecule has 5 heteroatoms. The average Bonchev–Trinajstić information content (AvgIpc) is 2.62. The molecular weight excluding hydrogens is 367 g/mol. The minimum absolute atomic E-state index is 0.119. The van der Waals surface area contributed by atoms with E-state index in [0.717, 1.165) is 40.8 Å². The molecule has 1 fully saturated rings. The van der Waals surface area contributed by atoms with Gasteiger partial charge in [-0.3, -0.25) is 0 Å². The highest BCUT2D eigenvalue weighted by Crippen LogP contribution is 2.31. The van der Waals surface area contributed by atoms with Crippen molar-refractivity contribution in [2.24, 2.45) is 0 Å². The van der Waals surface area contributed by atoms with Crippen LogP contribution in [-0.2, 0) is 6.54 Å². The standard InChI is InChI=1S/C21H26Cl2N2O/c1-15(2)26-21-9-6-17(22)12-16(21)14-24-18-7-8-20(19(23)13-18)25-10-4-3-5-11-25/h6-9,12-13,15,24H,3-5,10-11,14H2,1-2H3. The van der Waals surface area contributed by atoms with Gasteiger partial charge in [0.15, 0.2) is 0 Å². The topological polar surface area (TPSA) is 24.5 Å². The number of rotatable bonds is 6. The van der Waals surface area contributed by atoms with Crippen molar-refractivity contribution >= 4 is 34.6 Å². The molecule has 140 valence electrons. The van der Waals surface area contributed by atoms with E-state index in [-0.39, 0.29) is 6.10 Å². The minimum atomic E-state index is 0.119. The summed E-state index contributed by atoms with van der Waals surface area (Å²) in [7, 11) is 0. The summed E-state index contributed by atoms with van der Waals surface area (Å²) in [6, 6.07) is 11.9. The summed E-state index contributed by atoms with van der Waals surface area (Å²) in [5.74, 6) is 0.855. The molecule has 1 heterocycles. The highest BCUT2D eigenvalue weighted by Gasteiger charge is 2.14. The maximum absolute atomic E-state index is 6.54. The Hall–Kier alpha value is -1.58. The maximum atomic E-state index is 6.54. The summed E-state index contributed by atoms with van der Waals surface area (Å²) in [5, 5.41) is 4.93. The lowest BCUT2D eigenvalue weighted by atomic mass is 10.1. The highest BCUT2D eigenvalue weighted by atomic mass is 35.5. The van der Waals surface area contributed by atoms with Crippen molar-refractivity contribution in [1.29, 1.82) is 0 Å². The molecule has 0 atom stereocenters. The second kappa shape index (κ2) is 8.88. The van der Waals surface area contributed by atoms with E-state index >= 15 is 0 Å². The Labute approximate surface area is 166 Å². The number of ether oxygens (including phenoxy) is 1. The van der Waals surface area contributed by atoms with Gasteiger partial charge in [-0.2, -0.15) is 0 Å². The molecule has 0 aromatic heterocycles. The normalized spacial score (nSPS) is 14.6. The number of nitrogens with zero attached hydrogens (tertiary/aromatic N) is 1. The first kappa shape index (κ1) is 19.2. The first-order chi connectivity index (χ1) is 12.5. The van der Waals surface area contributed by atoms with Gasteiger partial charge < -0.3 is 15.0 Å². The third-order valence-corrected chi connectivity index (χ3v) is 5.05. The molecule has 2 aromatic rings. The van der Waals surface area contributed by atoms with Crippen LogP contribution in [0.2, 0.25) is 10.0 Å². The van der Waals surface area contributed by atoms with Gasteiger partial charge in [-0.15, -0.1) is 0 Å². The second-order valence-corrected chi connectivity index (χ2v) is 7.83. The molecule has 0 saturated carbocycles. The van der Waals surface area contributed by atoms with Gasteiger partial charge in [0.2, 0.25) is 0 Å². The molecule has 3 nitrogen and oxygen atoms in total. The van der Waals surface area contributed by atoms with Crippen molar-refractivity contribution in [3.8, 4) is 5.75 Å². The van der Waals surface area contributed by atoms with Crippen molar-refractivity contribution in [3.05, 3.63) is 52.0 Å². The van der Waals surface area contributed by atoms with Gasteiger partial charge in [0.25, 0.3) is 0 Å². The van der Waals surface area contributed by atoms with Gasteiger partial charge in [0, 0.05) is 35.9 Å². The van der Waals surface area contributed by atoms with Crippen molar-refractivity contribution in [2.75, 3.05) is 23.3 Å². The molecule has 0 radical (unpaired) electrons. The summed E-state index contributed by atoms with van der Waals surface area (Å²) in [6.45, 7) is 6.84. The molecule has 0 unspecified atom stereocenters. The Bertz CT molecular complexity index is 743. The van der Waals surface area contributed by atoms with E-state index in [1.165, 1.54) is 19.3 Å². The molecule has 0 spiro atoms. The first-order valence-corrected chi connectivity index (χ1v) is 10.0. The van der Waals surface area contributed by atoms with Crippen LogP contribution < -0.4 is 15.0 Å². The summed E-state index contributed by atoms with van der Waals surface area (Å²) >= 11 is 12.7. The first-order valence-electron chi connectivity index (χ1n) is 9.26. The number of hydrogen-bond acceptors (Lipinski definition) is 3. The van der Waals surface area contributed by atoms with Gasteiger partial charge in [-0.1, -0.05) is 23.2 Å². The number of benzene rings is 2. The molecule has 1 aliphatic rings. The fourth-order valence-electron chi connectivity index (χ4n) is 3.26. The Morgan fingerprint density at radius 2 is 1.81 bits per heavy atom. The van der Waals surface area contributed by atoms with Crippen molar-refractivity contribution in [3.63, 3.8) is 0 Å². The van der Waals surface area contributed by atoms with E-state index in [4.69, 9.17) is 27.9 Å². The Kier molecular flexibility index (Phi) is 6.55. The van der Waals surface area contributed by atoms with Crippen LogP contribution >= 0.6 is 23.2 Å². The molecule has 0 bridgehead atoms. The number of piperidine rings is 1. The van der Waals surface area contributed by atoms with E-state index in [1.807, 2.05) is 38.1 Å². The molecule has 1 N–H and O–H groups in total. The monoisotopic (exact) mass is 392 g/mol. The maximum Gasteiger partial charge on any atom is 0.124 e. The summed E-state index contributed by atoms with van der Waals surface area (Å²) in [4.78, 5) is 2.38. The number of nitrogens with one attached hydrogen (secondary N) is 1. The van der Waals surface area contributed by atoms with E-state index in [2.05, 4.69) is 22.3 Å². The Morgan fingerprint density at radius 1 is 1.04 bits per heavy atom. The number of hydrogen-bond donors (Lipinski definition) is 1. The zero-order chi connectivity index (χ0) is 18.5. The molecule has 1 saturated heterocycles. The Morgan fingerprint density at radius 3 is 2.50 bits per heavy atom. The van der Waals surface area contributed by atoms with Crippen LogP contribution in [0.3, 0.4) is 0 Å². The van der Waals surface area contributed by atoms with Crippen LogP contribution in [0.25, 0.3) is 0 Å². The van der Waals surface area contributed by atoms with Crippen LogP contribution in [0, 0.1) is 0 Å². The fourth-order valence-corrected chi connectivity index (χ4v) is 3.76. The van der Waals surface area contributed by atoms with Crippen molar-refractivity contribution in [2.45, 2.75) is 45.8 Å². The quantitative estimate of drug-likeness (QED) is 0.616. The molecule has 3 rings (SSSR count). The minimum Gasteiger partial charge on any atom is -0.491 e. The van der Waals surface area contributed by atoms with Gasteiger partial charge in [0.1, 0.15) is 5.75 Å². The molecule has 0 aliphatic carbocycles. The van der Waals surface area contributed by atoms with Crippen LogP contribution in [0.5, 0.6) is 5.75 Å². The highest BCUT2D eigenvalue weighted by molar-refractivity contribution is 6.33. The van der Waals surface area contributed by atoms with Crippen molar-refractivity contribution < 1.29 is 4.74 Å². The molecule has 0 amide bonds. The van der Waals surface area contributed by atoms with Gasteiger partial charge >= 0.3 is 0 Å². The third kappa shape index (κ3) is 4.99. The molecule has 1 aliphatic heterocycles. The van der Waals surface area contributed by atoms with Crippen LogP contribution in [0.1, 0.15) is 38.7 Å². The summed E-state index contributed by atoms with van der Waals surface area (Å²) in [6.07, 6.45) is 3.91. The SMILES string of the molecule is CC(C)Oc1ccc(Cl)cc1CNc1ccc(N2CCCCC2)c(Cl)c1. The molecule has 26 heavy (non-hydrogen) atoms. The van der Waals surface area contributed by atoms with Gasteiger partial charge in [-0.05, 0) is 69.5 Å². The predicted molar refractivity (Wildman–Crippen MR) is 112 cm³/mol. The van der Waals surface area contributed by atoms with Crippen molar-refractivity contribution in [1.82, 2.24) is 0 Å². The lowest BCUT2D eigenvalue weighted by Crippen LogP contribution is -2.29. The van der Waals surface area contributed by atoms with Crippen LogP contribution in [-0.4, -0.2) is 19.2 Å². The summed E-state index contributed by atoms with van der Waals surface area (Å²) in [5.41, 5.74) is 3.15. The average molecular weight is 393 g/mol. The van der Waals surface area contributed by atoms with E-state index in [1.54, 1.807) is 0 Å². The van der Waals surface area contributed by atoms with Crippen LogP contribution in [0.15, 0.2) is 36.4 Å². The zero-order valence-corrected chi connectivity index (χ0v) is 16.9. The predicted octanol–water partition coefficient (Wildman–Crippen LogP) is 6.38. The van der Waals surface area contributed by atoms with Crippen LogP contribution in [0.4, 0.5) is 11.4 Å². The zero-order valence-electron chi connectivity index (χ0n) is 15.4. The smallest absolute Gasteiger partial charge is 0.124 e. The largest absolute Gasteiger partial charge is 0.491 e. The van der Waals surface area contributed by atoms with E-state index in [9.17, 15) is 0 Å². The molecule has 2 aromatic carbocycles. The number of anilines is 2. The number of halogens is 2. The third-order valence-electron chi connectivity index (χ3n) is 4.51. The Balaban J connectivity index is 1.70. The van der Waals surface area contributed by atoms with E-state index in [0.29, 0.717) is 11.6 Å². The lowest BCUT2D eigenvalue weighted by molar-refractivity contribution is 0.240. The van der Waals surface area contributed by atoms with Gasteiger partial charge in [0.05, 0.1) is 16.8 Å². The van der Waals surface area contributed by atoms with E-state index < -0.39 is 0 Å². The van der Waals surface area contributed by atoms with Gasteiger partial charge in [-0.25, -0.2) is 0 Å². The fraction of sp³-hybridized carbons (Fsp3) is 0.429. The molecular formula is C21H26Cl2N2O.